The third-order valence-electron chi connectivity index (χ3n) is 2.83. The number of thiophene rings is 1. The first-order valence-corrected chi connectivity index (χ1v) is 7.33. The van der Waals surface area contributed by atoms with Crippen molar-refractivity contribution in [3.05, 3.63) is 33.8 Å². The number of aromatic nitrogens is 2. The van der Waals surface area contributed by atoms with Crippen LogP contribution in [0, 0.1) is 13.8 Å². The summed E-state index contributed by atoms with van der Waals surface area (Å²) in [5, 5.41) is 3.42. The summed E-state index contributed by atoms with van der Waals surface area (Å²) in [6.07, 6.45) is 4.50. The van der Waals surface area contributed by atoms with E-state index in [9.17, 15) is 0 Å². The van der Waals surface area contributed by atoms with E-state index in [4.69, 9.17) is 0 Å². The van der Waals surface area contributed by atoms with E-state index in [1.165, 1.54) is 22.6 Å². The van der Waals surface area contributed by atoms with Gasteiger partial charge in [0.05, 0.1) is 12.2 Å². The molecule has 2 rings (SSSR count). The topological polar surface area (TPSA) is 29.9 Å². The second-order valence-electron chi connectivity index (χ2n) is 4.63. The quantitative estimate of drug-likeness (QED) is 0.803. The van der Waals surface area contributed by atoms with Gasteiger partial charge in [-0.2, -0.15) is 0 Å². The molecule has 0 atom stereocenters. The van der Waals surface area contributed by atoms with Gasteiger partial charge in [-0.3, -0.25) is 0 Å². The van der Waals surface area contributed by atoms with Gasteiger partial charge in [0.2, 0.25) is 5.95 Å². The molecule has 0 radical (unpaired) electrons. The van der Waals surface area contributed by atoms with E-state index in [0.717, 1.165) is 24.7 Å². The van der Waals surface area contributed by atoms with Crippen molar-refractivity contribution in [2.75, 3.05) is 11.9 Å². The van der Waals surface area contributed by atoms with Gasteiger partial charge in [0.1, 0.15) is 0 Å². The Morgan fingerprint density at radius 2 is 2.17 bits per heavy atom. The summed E-state index contributed by atoms with van der Waals surface area (Å²) in [6, 6.07) is 4.37. The second-order valence-corrected chi connectivity index (χ2v) is 6.00. The summed E-state index contributed by atoms with van der Waals surface area (Å²) in [6.45, 7) is 8.30. The van der Waals surface area contributed by atoms with E-state index in [-0.39, 0.29) is 0 Å². The van der Waals surface area contributed by atoms with Gasteiger partial charge in [-0.25, -0.2) is 4.98 Å². The first kappa shape index (κ1) is 13.1. The highest BCUT2D eigenvalue weighted by atomic mass is 32.1. The normalized spacial score (nSPS) is 10.8. The van der Waals surface area contributed by atoms with E-state index in [2.05, 4.69) is 47.0 Å². The van der Waals surface area contributed by atoms with Gasteiger partial charge < -0.3 is 9.88 Å². The van der Waals surface area contributed by atoms with Crippen LogP contribution in [-0.4, -0.2) is 16.1 Å². The highest BCUT2D eigenvalue weighted by Crippen LogP contribution is 2.19. The van der Waals surface area contributed by atoms with Crippen LogP contribution in [0.5, 0.6) is 0 Å². The second kappa shape index (κ2) is 6.05. The molecular weight excluding hydrogens is 242 g/mol. The number of rotatable bonds is 6. The summed E-state index contributed by atoms with van der Waals surface area (Å²) in [5.74, 6) is 0.993. The number of anilines is 1. The first-order chi connectivity index (χ1) is 8.69. The Kier molecular flexibility index (Phi) is 4.42. The molecule has 0 aliphatic carbocycles. The molecule has 0 fully saturated rings. The maximum Gasteiger partial charge on any atom is 0.203 e. The van der Waals surface area contributed by atoms with Crippen LogP contribution in [0.3, 0.4) is 0 Å². The molecular formula is C14H21N3S. The Morgan fingerprint density at radius 3 is 2.83 bits per heavy atom. The fraction of sp³-hybridized carbons (Fsp3) is 0.500. The van der Waals surface area contributed by atoms with E-state index in [1.807, 2.05) is 18.3 Å². The summed E-state index contributed by atoms with van der Waals surface area (Å²) >= 11 is 1.85. The SMILES string of the molecule is CCCCNc1nc(C)cn1Cc1ccc(C)s1. The fourth-order valence-electron chi connectivity index (χ4n) is 1.92. The zero-order valence-electron chi connectivity index (χ0n) is 11.4. The molecule has 98 valence electrons. The lowest BCUT2D eigenvalue weighted by Crippen LogP contribution is -2.08. The van der Waals surface area contributed by atoms with Crippen molar-refractivity contribution in [2.45, 2.75) is 40.2 Å². The van der Waals surface area contributed by atoms with Gasteiger partial charge in [0, 0.05) is 22.5 Å². The smallest absolute Gasteiger partial charge is 0.203 e. The predicted molar refractivity (Wildman–Crippen MR) is 78.5 cm³/mol. The molecule has 4 heteroatoms. The number of imidazole rings is 1. The zero-order chi connectivity index (χ0) is 13.0. The number of nitrogens with zero attached hydrogens (tertiary/aromatic N) is 2. The summed E-state index contributed by atoms with van der Waals surface area (Å²) in [5.41, 5.74) is 1.07. The Labute approximate surface area is 113 Å². The number of hydrogen-bond acceptors (Lipinski definition) is 3. The minimum absolute atomic E-state index is 0.911. The van der Waals surface area contributed by atoms with Crippen LogP contribution in [0.15, 0.2) is 18.3 Å². The van der Waals surface area contributed by atoms with Crippen molar-refractivity contribution < 1.29 is 0 Å². The van der Waals surface area contributed by atoms with E-state index in [1.54, 1.807) is 0 Å². The molecule has 0 bridgehead atoms. The molecule has 0 saturated carbocycles. The Balaban J connectivity index is 2.06. The third-order valence-corrected chi connectivity index (χ3v) is 3.82. The lowest BCUT2D eigenvalue weighted by molar-refractivity contribution is 0.782. The van der Waals surface area contributed by atoms with Crippen LogP contribution in [0.25, 0.3) is 0 Å². The van der Waals surface area contributed by atoms with Gasteiger partial charge in [-0.15, -0.1) is 11.3 Å². The highest BCUT2D eigenvalue weighted by Gasteiger charge is 2.06. The largest absolute Gasteiger partial charge is 0.356 e. The molecule has 0 amide bonds. The summed E-state index contributed by atoms with van der Waals surface area (Å²) in [7, 11) is 0. The Bertz CT molecular complexity index is 499. The summed E-state index contributed by atoms with van der Waals surface area (Å²) < 4.78 is 2.20. The molecule has 0 aliphatic heterocycles. The minimum atomic E-state index is 0.911. The van der Waals surface area contributed by atoms with Crippen LogP contribution in [-0.2, 0) is 6.54 Å². The van der Waals surface area contributed by atoms with Gasteiger partial charge in [-0.1, -0.05) is 13.3 Å². The fourth-order valence-corrected chi connectivity index (χ4v) is 2.81. The monoisotopic (exact) mass is 263 g/mol. The maximum atomic E-state index is 4.54. The van der Waals surface area contributed by atoms with Crippen molar-refractivity contribution in [3.63, 3.8) is 0 Å². The van der Waals surface area contributed by atoms with Gasteiger partial charge in [0.15, 0.2) is 0 Å². The molecule has 18 heavy (non-hydrogen) atoms. The van der Waals surface area contributed by atoms with Crippen molar-refractivity contribution in [3.8, 4) is 0 Å². The van der Waals surface area contributed by atoms with Gasteiger partial charge in [-0.05, 0) is 32.4 Å². The van der Waals surface area contributed by atoms with Gasteiger partial charge >= 0.3 is 0 Å². The molecule has 0 unspecified atom stereocenters. The molecule has 2 aromatic heterocycles. The van der Waals surface area contributed by atoms with Crippen molar-refractivity contribution in [2.24, 2.45) is 0 Å². The average Bonchev–Trinajstić information content (AvgIpc) is 2.87. The maximum absolute atomic E-state index is 4.54. The zero-order valence-corrected chi connectivity index (χ0v) is 12.2. The predicted octanol–water partition coefficient (Wildman–Crippen LogP) is 3.82. The molecule has 3 nitrogen and oxygen atoms in total. The Morgan fingerprint density at radius 1 is 1.33 bits per heavy atom. The number of hydrogen-bond donors (Lipinski definition) is 1. The molecule has 0 aromatic carbocycles. The Hall–Kier alpha value is -1.29. The number of nitrogens with one attached hydrogen (secondary N) is 1. The van der Waals surface area contributed by atoms with Crippen LogP contribution >= 0.6 is 11.3 Å². The van der Waals surface area contributed by atoms with Crippen LogP contribution in [0.4, 0.5) is 5.95 Å². The molecule has 1 N–H and O–H groups in total. The van der Waals surface area contributed by atoms with E-state index >= 15 is 0 Å². The molecule has 0 saturated heterocycles. The molecule has 2 heterocycles. The number of aryl methyl sites for hydroxylation is 2. The van der Waals surface area contributed by atoms with Gasteiger partial charge in [0.25, 0.3) is 0 Å². The van der Waals surface area contributed by atoms with Crippen molar-refractivity contribution in [1.29, 1.82) is 0 Å². The summed E-state index contributed by atoms with van der Waals surface area (Å²) in [4.78, 5) is 7.28. The molecule has 0 aliphatic rings. The van der Waals surface area contributed by atoms with Crippen LogP contribution < -0.4 is 5.32 Å². The third kappa shape index (κ3) is 3.35. The first-order valence-electron chi connectivity index (χ1n) is 6.52. The molecule has 0 spiro atoms. The number of unbranched alkanes of at least 4 members (excludes halogenated alkanes) is 1. The van der Waals surface area contributed by atoms with Crippen molar-refractivity contribution in [1.82, 2.24) is 9.55 Å². The average molecular weight is 263 g/mol. The van der Waals surface area contributed by atoms with Crippen molar-refractivity contribution >= 4 is 17.3 Å². The lowest BCUT2D eigenvalue weighted by Gasteiger charge is -2.08. The standard InChI is InChI=1S/C14H21N3S/c1-4-5-8-15-14-16-11(2)9-17(14)10-13-7-6-12(3)18-13/h6-7,9H,4-5,8,10H2,1-3H3,(H,15,16). The minimum Gasteiger partial charge on any atom is -0.356 e. The van der Waals surface area contributed by atoms with Crippen LogP contribution in [0.2, 0.25) is 0 Å². The lowest BCUT2D eigenvalue weighted by atomic mass is 10.3. The van der Waals surface area contributed by atoms with E-state index < -0.39 is 0 Å². The van der Waals surface area contributed by atoms with Crippen LogP contribution in [0.1, 0.15) is 35.2 Å². The van der Waals surface area contributed by atoms with E-state index in [0.29, 0.717) is 0 Å². The molecule has 2 aromatic rings. The highest BCUT2D eigenvalue weighted by molar-refractivity contribution is 7.11.